The molecule has 0 atom stereocenters. The highest BCUT2D eigenvalue weighted by Gasteiger charge is 2.03. The van der Waals surface area contributed by atoms with Crippen molar-refractivity contribution in [3.63, 3.8) is 0 Å². The van der Waals surface area contributed by atoms with Gasteiger partial charge in [0.05, 0.1) is 24.5 Å². The zero-order valence-corrected chi connectivity index (χ0v) is 10.1. The van der Waals surface area contributed by atoms with Crippen molar-refractivity contribution >= 4 is 0 Å². The number of rotatable bonds is 5. The Bertz CT molecular complexity index is 440. The third-order valence-corrected chi connectivity index (χ3v) is 2.48. The topological polar surface area (TPSA) is 55.0 Å². The molecule has 0 aliphatic carbocycles. The van der Waals surface area contributed by atoms with Crippen molar-refractivity contribution in [1.29, 1.82) is 0 Å². The van der Waals surface area contributed by atoms with Crippen LogP contribution in [-0.4, -0.2) is 14.9 Å². The van der Waals surface area contributed by atoms with Gasteiger partial charge in [0.1, 0.15) is 0 Å². The molecule has 0 aliphatic heterocycles. The van der Waals surface area contributed by atoms with Crippen LogP contribution < -0.4 is 5.73 Å². The van der Waals surface area contributed by atoms with E-state index in [9.17, 15) is 0 Å². The number of pyridine rings is 2. The molecule has 0 radical (unpaired) electrons. The van der Waals surface area contributed by atoms with Gasteiger partial charge in [0, 0.05) is 24.8 Å². The second kappa shape index (κ2) is 6.39. The Labute approximate surface area is 107 Å². The van der Waals surface area contributed by atoms with Gasteiger partial charge in [-0.2, -0.15) is 0 Å². The van der Waals surface area contributed by atoms with Crippen LogP contribution in [0.3, 0.4) is 0 Å². The van der Waals surface area contributed by atoms with E-state index in [1.54, 1.807) is 12.4 Å². The van der Waals surface area contributed by atoms with E-state index >= 15 is 0 Å². The predicted octanol–water partition coefficient (Wildman–Crippen LogP) is 1.91. The quantitative estimate of drug-likeness (QED) is 0.867. The van der Waals surface area contributed by atoms with Gasteiger partial charge in [0.25, 0.3) is 0 Å². The molecule has 0 aromatic carbocycles. The second-order valence-corrected chi connectivity index (χ2v) is 3.89. The summed E-state index contributed by atoms with van der Waals surface area (Å²) in [5.41, 5.74) is 7.49. The van der Waals surface area contributed by atoms with Crippen molar-refractivity contribution in [2.24, 2.45) is 5.73 Å². The van der Waals surface area contributed by atoms with Gasteiger partial charge < -0.3 is 10.6 Å². The van der Waals surface area contributed by atoms with E-state index in [1.165, 1.54) is 6.20 Å². The summed E-state index contributed by atoms with van der Waals surface area (Å²) < 4.78 is 0. The van der Waals surface area contributed by atoms with E-state index in [-0.39, 0.29) is 0 Å². The molecule has 0 spiro atoms. The highest BCUT2D eigenvalue weighted by Crippen LogP contribution is 2.06. The summed E-state index contributed by atoms with van der Waals surface area (Å²) in [6, 6.07) is 11.8. The van der Waals surface area contributed by atoms with Gasteiger partial charge in [0.2, 0.25) is 0 Å². The van der Waals surface area contributed by atoms with Crippen LogP contribution in [-0.2, 0) is 13.1 Å². The normalized spacial score (nSPS) is 10.7. The van der Waals surface area contributed by atoms with Crippen molar-refractivity contribution in [2.75, 3.05) is 0 Å². The van der Waals surface area contributed by atoms with E-state index in [2.05, 4.69) is 14.9 Å². The molecule has 2 heterocycles. The van der Waals surface area contributed by atoms with Gasteiger partial charge in [-0.25, -0.2) is 0 Å². The Hall–Kier alpha value is -2.36. The summed E-state index contributed by atoms with van der Waals surface area (Å²) >= 11 is 0. The van der Waals surface area contributed by atoms with Crippen LogP contribution in [0.15, 0.2) is 61.2 Å². The van der Waals surface area contributed by atoms with E-state index in [1.807, 2.05) is 42.6 Å². The smallest absolute Gasteiger partial charge is 0.0601 e. The largest absolute Gasteiger partial charge is 0.403 e. The van der Waals surface area contributed by atoms with Crippen molar-refractivity contribution in [1.82, 2.24) is 14.9 Å². The standard InChI is InChI=1S/C14H16N4/c15-7-10-18(11-13-5-1-3-8-16-13)12-14-6-2-4-9-17-14/h1-10H,11-12,15H2/b10-7+. The zero-order valence-electron chi connectivity index (χ0n) is 10.1. The second-order valence-electron chi connectivity index (χ2n) is 3.89. The maximum absolute atomic E-state index is 5.47. The number of nitrogens with two attached hydrogens (primary N) is 1. The lowest BCUT2D eigenvalue weighted by Crippen LogP contribution is -2.18. The lowest BCUT2D eigenvalue weighted by molar-refractivity contribution is 0.352. The molecule has 0 fully saturated rings. The average molecular weight is 240 g/mol. The van der Waals surface area contributed by atoms with Crippen molar-refractivity contribution in [3.05, 3.63) is 72.6 Å². The van der Waals surface area contributed by atoms with Gasteiger partial charge in [-0.1, -0.05) is 12.1 Å². The van der Waals surface area contributed by atoms with Crippen LogP contribution in [0.2, 0.25) is 0 Å². The molecule has 2 aromatic rings. The van der Waals surface area contributed by atoms with Gasteiger partial charge in [-0.15, -0.1) is 0 Å². The minimum absolute atomic E-state index is 0.713. The molecular weight excluding hydrogens is 224 g/mol. The molecule has 0 amide bonds. The van der Waals surface area contributed by atoms with Crippen LogP contribution in [0.25, 0.3) is 0 Å². The van der Waals surface area contributed by atoms with Gasteiger partial charge in [0.15, 0.2) is 0 Å². The Kier molecular flexibility index (Phi) is 4.30. The molecule has 0 unspecified atom stereocenters. The number of hydrogen-bond donors (Lipinski definition) is 1. The maximum atomic E-state index is 5.47. The van der Waals surface area contributed by atoms with Gasteiger partial charge in [-0.05, 0) is 24.3 Å². The first-order valence-corrected chi connectivity index (χ1v) is 5.81. The molecule has 18 heavy (non-hydrogen) atoms. The van der Waals surface area contributed by atoms with Crippen LogP contribution in [0, 0.1) is 0 Å². The summed E-state index contributed by atoms with van der Waals surface area (Å²) in [4.78, 5) is 10.7. The predicted molar refractivity (Wildman–Crippen MR) is 71.0 cm³/mol. The van der Waals surface area contributed by atoms with Crippen LogP contribution in [0.5, 0.6) is 0 Å². The van der Waals surface area contributed by atoms with E-state index < -0.39 is 0 Å². The van der Waals surface area contributed by atoms with Gasteiger partial charge >= 0.3 is 0 Å². The van der Waals surface area contributed by atoms with E-state index in [0.29, 0.717) is 13.1 Å². The van der Waals surface area contributed by atoms with Crippen molar-refractivity contribution < 1.29 is 0 Å². The summed E-state index contributed by atoms with van der Waals surface area (Å²) in [6.07, 6.45) is 6.97. The minimum Gasteiger partial charge on any atom is -0.403 e. The summed E-state index contributed by atoms with van der Waals surface area (Å²) in [5.74, 6) is 0. The Balaban J connectivity index is 2.05. The Morgan fingerprint density at radius 3 is 1.89 bits per heavy atom. The molecule has 4 heteroatoms. The zero-order chi connectivity index (χ0) is 12.6. The Morgan fingerprint density at radius 1 is 0.944 bits per heavy atom. The summed E-state index contributed by atoms with van der Waals surface area (Å²) in [7, 11) is 0. The van der Waals surface area contributed by atoms with E-state index in [0.717, 1.165) is 11.4 Å². The number of nitrogens with zero attached hydrogens (tertiary/aromatic N) is 3. The maximum Gasteiger partial charge on any atom is 0.0601 e. The lowest BCUT2D eigenvalue weighted by atomic mass is 10.3. The molecule has 4 nitrogen and oxygen atoms in total. The summed E-state index contributed by atoms with van der Waals surface area (Å²) in [6.45, 7) is 1.43. The SMILES string of the molecule is N/C=C/N(Cc1ccccn1)Cc1ccccn1. The first-order valence-electron chi connectivity index (χ1n) is 5.81. The molecular formula is C14H16N4. The third-order valence-electron chi connectivity index (χ3n) is 2.48. The lowest BCUT2D eigenvalue weighted by Gasteiger charge is -2.19. The molecule has 0 saturated carbocycles. The Morgan fingerprint density at radius 2 is 1.50 bits per heavy atom. The van der Waals surface area contributed by atoms with E-state index in [4.69, 9.17) is 5.73 Å². The highest BCUT2D eigenvalue weighted by molar-refractivity contribution is 5.07. The average Bonchev–Trinajstić information content (AvgIpc) is 2.41. The first kappa shape index (κ1) is 12.1. The van der Waals surface area contributed by atoms with Crippen LogP contribution in [0.4, 0.5) is 0 Å². The molecule has 2 N–H and O–H groups in total. The third kappa shape index (κ3) is 3.59. The first-order chi connectivity index (χ1) is 8.88. The molecule has 0 saturated heterocycles. The fraction of sp³-hybridized carbons (Fsp3) is 0.143. The fourth-order valence-corrected chi connectivity index (χ4v) is 1.68. The van der Waals surface area contributed by atoms with Gasteiger partial charge in [-0.3, -0.25) is 9.97 Å². The van der Waals surface area contributed by atoms with Crippen molar-refractivity contribution in [2.45, 2.75) is 13.1 Å². The minimum atomic E-state index is 0.713. The van der Waals surface area contributed by atoms with Crippen LogP contribution >= 0.6 is 0 Å². The van der Waals surface area contributed by atoms with Crippen LogP contribution in [0.1, 0.15) is 11.4 Å². The number of aromatic nitrogens is 2. The molecule has 92 valence electrons. The molecule has 2 aromatic heterocycles. The molecule has 0 aliphatic rings. The molecule has 2 rings (SSSR count). The number of hydrogen-bond acceptors (Lipinski definition) is 4. The van der Waals surface area contributed by atoms with Crippen molar-refractivity contribution in [3.8, 4) is 0 Å². The highest BCUT2D eigenvalue weighted by atomic mass is 15.1. The fourth-order valence-electron chi connectivity index (χ4n) is 1.68. The monoisotopic (exact) mass is 240 g/mol. The molecule has 0 bridgehead atoms. The summed E-state index contributed by atoms with van der Waals surface area (Å²) in [5, 5.41) is 0.